The molecule has 2 heterocycles. The first kappa shape index (κ1) is 13.8. The van der Waals surface area contributed by atoms with E-state index >= 15 is 0 Å². The van der Waals surface area contributed by atoms with Crippen molar-refractivity contribution in [3.63, 3.8) is 0 Å². The fourth-order valence-corrected chi connectivity index (χ4v) is 4.11. The van der Waals surface area contributed by atoms with E-state index < -0.39 is 10.0 Å². The van der Waals surface area contributed by atoms with Crippen LogP contribution in [0.1, 0.15) is 26.7 Å². The van der Waals surface area contributed by atoms with Crippen LogP contribution in [-0.2, 0) is 10.0 Å². The molecule has 0 spiro atoms. The molecule has 1 aromatic rings. The summed E-state index contributed by atoms with van der Waals surface area (Å²) in [6.45, 7) is 4.69. The summed E-state index contributed by atoms with van der Waals surface area (Å²) in [4.78, 5) is 4.06. The van der Waals surface area contributed by atoms with Gasteiger partial charge in [0.1, 0.15) is 10.0 Å². The van der Waals surface area contributed by atoms with Crippen molar-refractivity contribution in [3.05, 3.63) is 23.5 Å². The maximum absolute atomic E-state index is 12.5. The molecule has 0 radical (unpaired) electrons. The molecule has 4 nitrogen and oxygen atoms in total. The van der Waals surface area contributed by atoms with Crippen molar-refractivity contribution < 1.29 is 8.42 Å². The number of halogens is 1. The quantitative estimate of drug-likeness (QED) is 0.786. The standard InChI is InChI=1S/C12H17ClN2O2S/c1-9-5-6-15(10(2)7-9)18(16,17)11-3-4-12(13)14-8-11/h3-4,8-10H,5-7H2,1-2H3. The molecule has 1 fully saturated rings. The smallest absolute Gasteiger partial charge is 0.243 e. The van der Waals surface area contributed by atoms with Crippen molar-refractivity contribution in [2.75, 3.05) is 6.54 Å². The molecule has 6 heteroatoms. The zero-order valence-electron chi connectivity index (χ0n) is 10.5. The van der Waals surface area contributed by atoms with E-state index in [0.717, 1.165) is 12.8 Å². The Labute approximate surface area is 113 Å². The van der Waals surface area contributed by atoms with Gasteiger partial charge in [0.25, 0.3) is 0 Å². The normalized spacial score (nSPS) is 26.2. The maximum atomic E-state index is 12.5. The van der Waals surface area contributed by atoms with Crippen molar-refractivity contribution >= 4 is 21.6 Å². The predicted molar refractivity (Wildman–Crippen MR) is 71.0 cm³/mol. The molecule has 1 aromatic heterocycles. The number of hydrogen-bond donors (Lipinski definition) is 0. The van der Waals surface area contributed by atoms with Gasteiger partial charge in [0, 0.05) is 18.8 Å². The molecule has 0 aliphatic carbocycles. The first-order valence-corrected chi connectivity index (χ1v) is 7.86. The summed E-state index contributed by atoms with van der Waals surface area (Å²) in [7, 11) is -3.44. The number of rotatable bonds is 2. The highest BCUT2D eigenvalue weighted by Crippen LogP contribution is 2.28. The number of sulfonamides is 1. The highest BCUT2D eigenvalue weighted by atomic mass is 35.5. The van der Waals surface area contributed by atoms with Gasteiger partial charge in [0.05, 0.1) is 0 Å². The molecule has 18 heavy (non-hydrogen) atoms. The van der Waals surface area contributed by atoms with E-state index in [-0.39, 0.29) is 10.9 Å². The van der Waals surface area contributed by atoms with Gasteiger partial charge < -0.3 is 0 Å². The van der Waals surface area contributed by atoms with Gasteiger partial charge in [-0.1, -0.05) is 18.5 Å². The molecule has 0 bridgehead atoms. The number of pyridine rings is 1. The second-order valence-corrected chi connectivity index (χ2v) is 7.19. The van der Waals surface area contributed by atoms with Crippen LogP contribution < -0.4 is 0 Å². The zero-order chi connectivity index (χ0) is 13.3. The third-order valence-electron chi connectivity index (χ3n) is 3.38. The van der Waals surface area contributed by atoms with Gasteiger partial charge in [-0.25, -0.2) is 13.4 Å². The summed E-state index contributed by atoms with van der Waals surface area (Å²) in [6, 6.07) is 3.05. The van der Waals surface area contributed by atoms with Crippen LogP contribution >= 0.6 is 11.6 Å². The van der Waals surface area contributed by atoms with Crippen LogP contribution in [0.15, 0.2) is 23.2 Å². The molecule has 0 saturated carbocycles. The highest BCUT2D eigenvalue weighted by Gasteiger charge is 2.33. The highest BCUT2D eigenvalue weighted by molar-refractivity contribution is 7.89. The summed E-state index contributed by atoms with van der Waals surface area (Å²) in [6.07, 6.45) is 3.13. The Morgan fingerprint density at radius 1 is 1.39 bits per heavy atom. The van der Waals surface area contributed by atoms with E-state index in [1.807, 2.05) is 6.92 Å². The van der Waals surface area contributed by atoms with Crippen molar-refractivity contribution in [1.29, 1.82) is 0 Å². The lowest BCUT2D eigenvalue weighted by Crippen LogP contribution is -2.44. The third-order valence-corrected chi connectivity index (χ3v) is 5.60. The van der Waals surface area contributed by atoms with E-state index in [1.54, 1.807) is 4.31 Å². The fraction of sp³-hybridized carbons (Fsp3) is 0.583. The lowest BCUT2D eigenvalue weighted by Gasteiger charge is -2.35. The summed E-state index contributed by atoms with van der Waals surface area (Å²) in [5, 5.41) is 0.300. The minimum Gasteiger partial charge on any atom is -0.243 e. The molecule has 2 atom stereocenters. The van der Waals surface area contributed by atoms with E-state index in [9.17, 15) is 8.42 Å². The van der Waals surface area contributed by atoms with E-state index in [2.05, 4.69) is 11.9 Å². The van der Waals surface area contributed by atoms with Crippen molar-refractivity contribution in [3.8, 4) is 0 Å². The maximum Gasteiger partial charge on any atom is 0.244 e. The molecule has 0 aromatic carbocycles. The Kier molecular flexibility index (Phi) is 3.94. The van der Waals surface area contributed by atoms with Crippen LogP contribution in [0.3, 0.4) is 0 Å². The molecule has 1 aliphatic rings. The van der Waals surface area contributed by atoms with Gasteiger partial charge >= 0.3 is 0 Å². The Hall–Kier alpha value is -0.650. The Bertz CT molecular complexity index is 515. The minimum absolute atomic E-state index is 0.0365. The summed E-state index contributed by atoms with van der Waals surface area (Å²) in [5.41, 5.74) is 0. The fourth-order valence-electron chi connectivity index (χ4n) is 2.39. The van der Waals surface area contributed by atoms with Crippen LogP contribution in [-0.4, -0.2) is 30.3 Å². The third kappa shape index (κ3) is 2.68. The topological polar surface area (TPSA) is 50.3 Å². The van der Waals surface area contributed by atoms with Crippen LogP contribution in [0.5, 0.6) is 0 Å². The van der Waals surface area contributed by atoms with E-state index in [0.29, 0.717) is 17.6 Å². The molecular weight excluding hydrogens is 272 g/mol. The second-order valence-electron chi connectivity index (χ2n) is 4.91. The SMILES string of the molecule is CC1CCN(S(=O)(=O)c2ccc(Cl)nc2)C(C)C1. The number of piperidine rings is 1. The number of nitrogens with zero attached hydrogens (tertiary/aromatic N) is 2. The van der Waals surface area contributed by atoms with Gasteiger partial charge in [0.15, 0.2) is 0 Å². The van der Waals surface area contributed by atoms with Gasteiger partial charge in [0.2, 0.25) is 10.0 Å². The van der Waals surface area contributed by atoms with Crippen molar-refractivity contribution in [2.24, 2.45) is 5.92 Å². The Morgan fingerprint density at radius 3 is 2.67 bits per heavy atom. The molecule has 2 unspecified atom stereocenters. The Morgan fingerprint density at radius 2 is 2.11 bits per heavy atom. The summed E-state index contributed by atoms with van der Waals surface area (Å²) in [5.74, 6) is 0.579. The molecule has 1 aliphatic heterocycles. The lowest BCUT2D eigenvalue weighted by atomic mass is 9.95. The second kappa shape index (κ2) is 5.15. The van der Waals surface area contributed by atoms with Crippen molar-refractivity contribution in [2.45, 2.75) is 37.6 Å². The number of aromatic nitrogens is 1. The summed E-state index contributed by atoms with van der Waals surface area (Å²) >= 11 is 5.68. The average molecular weight is 289 g/mol. The summed E-state index contributed by atoms with van der Waals surface area (Å²) < 4.78 is 26.5. The average Bonchev–Trinajstić information content (AvgIpc) is 2.29. The lowest BCUT2D eigenvalue weighted by molar-refractivity contribution is 0.220. The van der Waals surface area contributed by atoms with Gasteiger partial charge in [-0.2, -0.15) is 4.31 Å². The zero-order valence-corrected chi connectivity index (χ0v) is 12.1. The van der Waals surface area contributed by atoms with Gasteiger partial charge in [-0.15, -0.1) is 0 Å². The first-order chi connectivity index (χ1) is 8.41. The molecule has 0 amide bonds. The van der Waals surface area contributed by atoms with Crippen LogP contribution in [0.25, 0.3) is 0 Å². The minimum atomic E-state index is -3.44. The van der Waals surface area contributed by atoms with E-state index in [1.165, 1.54) is 18.3 Å². The molecule has 100 valence electrons. The van der Waals surface area contributed by atoms with Gasteiger partial charge in [-0.3, -0.25) is 0 Å². The molecule has 0 N–H and O–H groups in total. The molecule has 1 saturated heterocycles. The first-order valence-electron chi connectivity index (χ1n) is 6.04. The van der Waals surface area contributed by atoms with E-state index in [4.69, 9.17) is 11.6 Å². The predicted octanol–water partition coefficient (Wildman–Crippen LogP) is 2.54. The largest absolute Gasteiger partial charge is 0.244 e. The molecule has 2 rings (SSSR count). The van der Waals surface area contributed by atoms with Crippen LogP contribution in [0, 0.1) is 5.92 Å². The van der Waals surface area contributed by atoms with Gasteiger partial charge in [-0.05, 0) is 37.8 Å². The van der Waals surface area contributed by atoms with Crippen LogP contribution in [0.2, 0.25) is 5.15 Å². The van der Waals surface area contributed by atoms with Crippen LogP contribution in [0.4, 0.5) is 0 Å². The van der Waals surface area contributed by atoms with Crippen molar-refractivity contribution in [1.82, 2.24) is 9.29 Å². The number of hydrogen-bond acceptors (Lipinski definition) is 3. The monoisotopic (exact) mass is 288 g/mol. The Balaban J connectivity index is 2.28. The molecular formula is C12H17ClN2O2S.